The van der Waals surface area contributed by atoms with Crippen molar-refractivity contribution in [3.05, 3.63) is 59.7 Å². The summed E-state index contributed by atoms with van der Waals surface area (Å²) in [5, 5.41) is 2.61. The van der Waals surface area contributed by atoms with Crippen LogP contribution in [0.5, 0.6) is 0 Å². The topological polar surface area (TPSA) is 62.3 Å². The van der Waals surface area contributed by atoms with Gasteiger partial charge in [0, 0.05) is 26.1 Å². The van der Waals surface area contributed by atoms with Crippen LogP contribution in [-0.2, 0) is 16.1 Å². The second-order valence-corrected chi connectivity index (χ2v) is 5.21. The number of anilines is 1. The number of hydrogen-bond donors (Lipinski definition) is 1. The van der Waals surface area contributed by atoms with Crippen LogP contribution in [0.4, 0.5) is 18.9 Å². The van der Waals surface area contributed by atoms with Crippen LogP contribution in [0.3, 0.4) is 0 Å². The highest BCUT2D eigenvalue weighted by Gasteiger charge is 2.21. The third-order valence-electron chi connectivity index (χ3n) is 3.44. The van der Waals surface area contributed by atoms with Crippen molar-refractivity contribution in [3.8, 4) is 0 Å². The monoisotopic (exact) mass is 351 g/mol. The number of pyridine rings is 1. The fraction of sp³-hybridized carbons (Fsp3) is 0.235. The Bertz CT molecular complexity index is 769. The summed E-state index contributed by atoms with van der Waals surface area (Å²) >= 11 is 0. The van der Waals surface area contributed by atoms with Crippen LogP contribution in [0, 0.1) is 17.5 Å². The molecule has 0 aliphatic heterocycles. The van der Waals surface area contributed by atoms with Crippen molar-refractivity contribution in [2.75, 3.05) is 11.4 Å². The molecule has 0 atom stereocenters. The van der Waals surface area contributed by atoms with Crippen LogP contribution in [0.25, 0.3) is 0 Å². The molecule has 0 saturated carbocycles. The Kier molecular flexibility index (Phi) is 6.10. The lowest BCUT2D eigenvalue weighted by Gasteiger charge is -2.21. The molecule has 5 nitrogen and oxygen atoms in total. The van der Waals surface area contributed by atoms with Crippen molar-refractivity contribution in [2.45, 2.75) is 19.9 Å². The fourth-order valence-electron chi connectivity index (χ4n) is 2.17. The molecule has 0 aliphatic rings. The van der Waals surface area contributed by atoms with Crippen molar-refractivity contribution in [1.29, 1.82) is 0 Å². The van der Waals surface area contributed by atoms with Crippen LogP contribution in [0.15, 0.2) is 36.5 Å². The molecule has 0 spiro atoms. The van der Waals surface area contributed by atoms with Gasteiger partial charge in [0.05, 0.1) is 17.9 Å². The van der Waals surface area contributed by atoms with Crippen molar-refractivity contribution in [3.63, 3.8) is 0 Å². The molecular formula is C17H16F3N3O2. The van der Waals surface area contributed by atoms with Crippen molar-refractivity contribution >= 4 is 17.5 Å². The molecule has 1 heterocycles. The highest BCUT2D eigenvalue weighted by molar-refractivity contribution is 5.92. The molecule has 1 aromatic carbocycles. The smallest absolute Gasteiger partial charge is 0.223 e. The van der Waals surface area contributed by atoms with E-state index in [0.29, 0.717) is 5.69 Å². The number of halogens is 3. The Morgan fingerprint density at radius 2 is 1.88 bits per heavy atom. The van der Waals surface area contributed by atoms with Crippen molar-refractivity contribution < 1.29 is 22.8 Å². The summed E-state index contributed by atoms with van der Waals surface area (Å²) in [7, 11) is 0. The van der Waals surface area contributed by atoms with Crippen LogP contribution < -0.4 is 10.2 Å². The Morgan fingerprint density at radius 3 is 2.52 bits per heavy atom. The van der Waals surface area contributed by atoms with E-state index in [0.717, 1.165) is 24.0 Å². The molecule has 1 aromatic heterocycles. The molecular weight excluding hydrogens is 335 g/mol. The minimum atomic E-state index is -1.66. The lowest BCUT2D eigenvalue weighted by atomic mass is 10.2. The van der Waals surface area contributed by atoms with Gasteiger partial charge < -0.3 is 10.2 Å². The summed E-state index contributed by atoms with van der Waals surface area (Å²) in [6, 6.07) is 6.94. The number of rotatable bonds is 6. The lowest BCUT2D eigenvalue weighted by molar-refractivity contribution is -0.121. The SMILES string of the molecule is CC(=O)N(CCC(=O)NCc1ccccn1)c1ccc(F)c(F)c1F. The van der Waals surface area contributed by atoms with Gasteiger partial charge in [0.15, 0.2) is 17.5 Å². The van der Waals surface area contributed by atoms with E-state index in [4.69, 9.17) is 0 Å². The second kappa shape index (κ2) is 8.27. The number of nitrogens with zero attached hydrogens (tertiary/aromatic N) is 2. The number of hydrogen-bond acceptors (Lipinski definition) is 3. The summed E-state index contributed by atoms with van der Waals surface area (Å²) in [5.74, 6) is -5.47. The summed E-state index contributed by atoms with van der Waals surface area (Å²) in [4.78, 5) is 28.5. The highest BCUT2D eigenvalue weighted by atomic mass is 19.2. The van der Waals surface area contributed by atoms with E-state index in [-0.39, 0.29) is 25.4 Å². The Labute approximate surface area is 142 Å². The Balaban J connectivity index is 1.99. The number of amides is 2. The van der Waals surface area contributed by atoms with Gasteiger partial charge in [-0.05, 0) is 24.3 Å². The molecule has 0 saturated heterocycles. The van der Waals surface area contributed by atoms with E-state index in [1.54, 1.807) is 24.4 Å². The van der Waals surface area contributed by atoms with E-state index < -0.39 is 29.0 Å². The summed E-state index contributed by atoms with van der Waals surface area (Å²) < 4.78 is 40.2. The number of carbonyl (C=O) groups excluding carboxylic acids is 2. The quantitative estimate of drug-likeness (QED) is 0.814. The van der Waals surface area contributed by atoms with Crippen LogP contribution in [-0.4, -0.2) is 23.3 Å². The van der Waals surface area contributed by atoms with Gasteiger partial charge in [-0.2, -0.15) is 0 Å². The predicted octanol–water partition coefficient (Wildman–Crippen LogP) is 2.56. The Morgan fingerprint density at radius 1 is 1.12 bits per heavy atom. The van der Waals surface area contributed by atoms with Gasteiger partial charge in [0.2, 0.25) is 11.8 Å². The van der Waals surface area contributed by atoms with Crippen molar-refractivity contribution in [2.24, 2.45) is 0 Å². The van der Waals surface area contributed by atoms with Gasteiger partial charge in [0.1, 0.15) is 0 Å². The molecule has 0 fully saturated rings. The van der Waals surface area contributed by atoms with Crippen LogP contribution in [0.2, 0.25) is 0 Å². The maximum Gasteiger partial charge on any atom is 0.223 e. The standard InChI is InChI=1S/C17H16F3N3O2/c1-11(24)23(14-6-5-13(18)16(19)17(14)20)9-7-15(25)22-10-12-4-2-3-8-21-12/h2-6,8H,7,9-10H2,1H3,(H,22,25). The number of carbonyl (C=O) groups is 2. The first-order chi connectivity index (χ1) is 11.9. The molecule has 0 unspecified atom stereocenters. The Hall–Kier alpha value is -2.90. The van der Waals surface area contributed by atoms with E-state index in [1.165, 1.54) is 0 Å². The van der Waals surface area contributed by atoms with Gasteiger partial charge in [-0.3, -0.25) is 14.6 Å². The van der Waals surface area contributed by atoms with E-state index in [2.05, 4.69) is 10.3 Å². The largest absolute Gasteiger partial charge is 0.350 e. The first-order valence-corrected chi connectivity index (χ1v) is 7.48. The lowest BCUT2D eigenvalue weighted by Crippen LogP contribution is -2.34. The van der Waals surface area contributed by atoms with E-state index in [1.807, 2.05) is 0 Å². The molecule has 8 heteroatoms. The minimum Gasteiger partial charge on any atom is -0.350 e. The van der Waals surface area contributed by atoms with Crippen LogP contribution >= 0.6 is 0 Å². The first-order valence-electron chi connectivity index (χ1n) is 7.48. The molecule has 2 aromatic rings. The van der Waals surface area contributed by atoms with Gasteiger partial charge in [-0.25, -0.2) is 13.2 Å². The van der Waals surface area contributed by atoms with Crippen LogP contribution in [0.1, 0.15) is 19.0 Å². The number of aromatic nitrogens is 1. The predicted molar refractivity (Wildman–Crippen MR) is 85.0 cm³/mol. The molecule has 2 rings (SSSR count). The third-order valence-corrected chi connectivity index (χ3v) is 3.44. The third kappa shape index (κ3) is 4.79. The maximum absolute atomic E-state index is 13.8. The zero-order valence-corrected chi connectivity index (χ0v) is 13.4. The van der Waals surface area contributed by atoms with Gasteiger partial charge in [-0.1, -0.05) is 6.07 Å². The summed E-state index contributed by atoms with van der Waals surface area (Å²) in [5.41, 5.74) is 0.245. The second-order valence-electron chi connectivity index (χ2n) is 5.21. The molecule has 2 amide bonds. The zero-order chi connectivity index (χ0) is 18.4. The number of benzene rings is 1. The molecule has 25 heavy (non-hydrogen) atoms. The maximum atomic E-state index is 13.8. The normalized spacial score (nSPS) is 10.4. The molecule has 0 radical (unpaired) electrons. The fourth-order valence-corrected chi connectivity index (χ4v) is 2.17. The van der Waals surface area contributed by atoms with Gasteiger partial charge in [0.25, 0.3) is 0 Å². The zero-order valence-electron chi connectivity index (χ0n) is 13.4. The van der Waals surface area contributed by atoms with Crippen molar-refractivity contribution in [1.82, 2.24) is 10.3 Å². The van der Waals surface area contributed by atoms with E-state index in [9.17, 15) is 22.8 Å². The molecule has 0 aliphatic carbocycles. The van der Waals surface area contributed by atoms with E-state index >= 15 is 0 Å². The number of nitrogens with one attached hydrogen (secondary N) is 1. The summed E-state index contributed by atoms with van der Waals surface area (Å²) in [6.07, 6.45) is 1.45. The first kappa shape index (κ1) is 18.4. The highest BCUT2D eigenvalue weighted by Crippen LogP contribution is 2.24. The molecule has 1 N–H and O–H groups in total. The molecule has 132 valence electrons. The average Bonchev–Trinajstić information content (AvgIpc) is 2.60. The molecule has 0 bridgehead atoms. The van der Waals surface area contributed by atoms with Gasteiger partial charge in [-0.15, -0.1) is 0 Å². The minimum absolute atomic E-state index is 0.134. The average molecular weight is 351 g/mol. The van der Waals surface area contributed by atoms with Gasteiger partial charge >= 0.3 is 0 Å². The summed E-state index contributed by atoms with van der Waals surface area (Å²) in [6.45, 7) is 1.18.